The highest BCUT2D eigenvalue weighted by atomic mass is 19.4. The van der Waals surface area contributed by atoms with E-state index in [4.69, 9.17) is 0 Å². The molecular formula is C20H14F3N3O2. The Morgan fingerprint density at radius 1 is 1.07 bits per heavy atom. The minimum Gasteiger partial charge on any atom is -0.507 e. The van der Waals surface area contributed by atoms with Crippen molar-refractivity contribution >= 4 is 28.0 Å². The molecular weight excluding hydrogens is 371 g/mol. The average molecular weight is 385 g/mol. The summed E-state index contributed by atoms with van der Waals surface area (Å²) in [6.45, 7) is 1.56. The number of pyridine rings is 1. The van der Waals surface area contributed by atoms with E-state index in [0.29, 0.717) is 22.2 Å². The van der Waals surface area contributed by atoms with Crippen molar-refractivity contribution in [2.75, 3.05) is 5.32 Å². The van der Waals surface area contributed by atoms with E-state index in [-0.39, 0.29) is 17.1 Å². The summed E-state index contributed by atoms with van der Waals surface area (Å²) in [6.07, 6.45) is -3.67. The van der Waals surface area contributed by atoms with E-state index in [0.717, 1.165) is 16.7 Å². The van der Waals surface area contributed by atoms with E-state index in [1.807, 2.05) is 0 Å². The summed E-state index contributed by atoms with van der Waals surface area (Å²) >= 11 is 0. The van der Waals surface area contributed by atoms with Crippen LogP contribution in [-0.4, -0.2) is 20.4 Å². The SMILES string of the molecule is Cc1nc2ccc(C(F)(F)F)cn2c1C(=O)Nc1cccc2c(O)cccc12. The molecule has 0 aliphatic carbocycles. The molecule has 0 spiro atoms. The number of hydrogen-bond donors (Lipinski definition) is 2. The third-order valence-corrected chi connectivity index (χ3v) is 4.48. The van der Waals surface area contributed by atoms with Crippen LogP contribution in [0.2, 0.25) is 0 Å². The highest BCUT2D eigenvalue weighted by molar-refractivity contribution is 6.10. The number of halogens is 3. The van der Waals surface area contributed by atoms with Crippen LogP contribution in [-0.2, 0) is 6.18 Å². The Hall–Kier alpha value is -3.55. The molecule has 4 aromatic rings. The fourth-order valence-corrected chi connectivity index (χ4v) is 3.19. The largest absolute Gasteiger partial charge is 0.507 e. The molecule has 0 aliphatic heterocycles. The molecule has 8 heteroatoms. The van der Waals surface area contributed by atoms with Crippen LogP contribution in [0.5, 0.6) is 5.75 Å². The van der Waals surface area contributed by atoms with E-state index < -0.39 is 17.6 Å². The summed E-state index contributed by atoms with van der Waals surface area (Å²) < 4.78 is 40.3. The first-order valence-corrected chi connectivity index (χ1v) is 8.33. The number of rotatable bonds is 2. The number of amides is 1. The third-order valence-electron chi connectivity index (χ3n) is 4.48. The van der Waals surface area contributed by atoms with Crippen molar-refractivity contribution in [2.24, 2.45) is 0 Å². The molecule has 2 aromatic heterocycles. The number of nitrogens with one attached hydrogen (secondary N) is 1. The van der Waals surface area contributed by atoms with Crippen molar-refractivity contribution in [3.8, 4) is 5.75 Å². The number of fused-ring (bicyclic) bond motifs is 2. The van der Waals surface area contributed by atoms with Crippen LogP contribution in [0.15, 0.2) is 54.7 Å². The van der Waals surface area contributed by atoms with Crippen molar-refractivity contribution in [3.05, 3.63) is 71.7 Å². The molecule has 2 N–H and O–H groups in total. The van der Waals surface area contributed by atoms with Crippen LogP contribution in [0.1, 0.15) is 21.7 Å². The molecule has 4 rings (SSSR count). The van der Waals surface area contributed by atoms with Gasteiger partial charge in [0.1, 0.15) is 17.1 Å². The van der Waals surface area contributed by atoms with Crippen LogP contribution in [0.4, 0.5) is 18.9 Å². The number of hydrogen-bond acceptors (Lipinski definition) is 3. The van der Waals surface area contributed by atoms with E-state index in [1.165, 1.54) is 12.1 Å². The Morgan fingerprint density at radius 3 is 2.54 bits per heavy atom. The Bertz CT molecular complexity index is 1230. The van der Waals surface area contributed by atoms with Gasteiger partial charge in [-0.05, 0) is 31.2 Å². The third kappa shape index (κ3) is 2.92. The zero-order valence-corrected chi connectivity index (χ0v) is 14.6. The Morgan fingerprint density at radius 2 is 1.79 bits per heavy atom. The fraction of sp³-hybridized carbons (Fsp3) is 0.100. The lowest BCUT2D eigenvalue weighted by molar-refractivity contribution is -0.137. The predicted octanol–water partition coefficient (Wildman–Crippen LogP) is 4.77. The zero-order chi connectivity index (χ0) is 20.1. The van der Waals surface area contributed by atoms with Crippen molar-refractivity contribution in [2.45, 2.75) is 13.1 Å². The average Bonchev–Trinajstić information content (AvgIpc) is 2.97. The van der Waals surface area contributed by atoms with Crippen LogP contribution in [0.3, 0.4) is 0 Å². The number of benzene rings is 2. The van der Waals surface area contributed by atoms with Gasteiger partial charge in [-0.1, -0.05) is 24.3 Å². The number of aromatic nitrogens is 2. The molecule has 0 aliphatic rings. The summed E-state index contributed by atoms with van der Waals surface area (Å²) in [7, 11) is 0. The number of phenolic OH excluding ortho intramolecular Hbond substituents is 1. The summed E-state index contributed by atoms with van der Waals surface area (Å²) in [5, 5.41) is 13.8. The van der Waals surface area contributed by atoms with Crippen LogP contribution >= 0.6 is 0 Å². The molecule has 0 saturated heterocycles. The van der Waals surface area contributed by atoms with Gasteiger partial charge in [0.15, 0.2) is 0 Å². The fourth-order valence-electron chi connectivity index (χ4n) is 3.19. The van der Waals surface area contributed by atoms with Gasteiger partial charge in [0.05, 0.1) is 11.3 Å². The highest BCUT2D eigenvalue weighted by Gasteiger charge is 2.31. The molecule has 2 heterocycles. The zero-order valence-electron chi connectivity index (χ0n) is 14.6. The molecule has 0 saturated carbocycles. The number of phenols is 1. The standard InChI is InChI=1S/C20H14F3N3O2/c1-11-18(26-10-12(20(21,22)23)8-9-17(26)24-11)19(28)25-15-6-2-5-14-13(15)4-3-7-16(14)27/h2-10,27H,1H3,(H,25,28). The first-order chi connectivity index (χ1) is 13.3. The Labute approximate surface area is 157 Å². The van der Waals surface area contributed by atoms with Gasteiger partial charge >= 0.3 is 6.18 Å². The second kappa shape index (κ2) is 6.26. The summed E-state index contributed by atoms with van der Waals surface area (Å²) in [5.41, 5.74) is 0.116. The Kier molecular flexibility index (Phi) is 3.99. The van der Waals surface area contributed by atoms with Crippen molar-refractivity contribution < 1.29 is 23.1 Å². The number of imidazole rings is 1. The van der Waals surface area contributed by atoms with E-state index in [2.05, 4.69) is 10.3 Å². The topological polar surface area (TPSA) is 66.6 Å². The number of carbonyl (C=O) groups excluding carboxylic acids is 1. The van der Waals surface area contributed by atoms with Crippen LogP contribution < -0.4 is 5.32 Å². The van der Waals surface area contributed by atoms with Crippen LogP contribution in [0.25, 0.3) is 16.4 Å². The van der Waals surface area contributed by atoms with Gasteiger partial charge in [-0.15, -0.1) is 0 Å². The summed E-state index contributed by atoms with van der Waals surface area (Å²) in [4.78, 5) is 17.1. The predicted molar refractivity (Wildman–Crippen MR) is 98.5 cm³/mol. The lowest BCUT2D eigenvalue weighted by atomic mass is 10.1. The molecule has 0 atom stereocenters. The van der Waals surface area contributed by atoms with E-state index >= 15 is 0 Å². The maximum absolute atomic E-state index is 13.1. The molecule has 0 unspecified atom stereocenters. The highest BCUT2D eigenvalue weighted by Crippen LogP contribution is 2.31. The molecule has 0 radical (unpaired) electrons. The maximum Gasteiger partial charge on any atom is 0.417 e. The molecule has 2 aromatic carbocycles. The van der Waals surface area contributed by atoms with E-state index in [1.54, 1.807) is 37.3 Å². The van der Waals surface area contributed by atoms with Crippen molar-refractivity contribution in [3.63, 3.8) is 0 Å². The first-order valence-electron chi connectivity index (χ1n) is 8.33. The molecule has 1 amide bonds. The second-order valence-electron chi connectivity index (χ2n) is 6.32. The van der Waals surface area contributed by atoms with Gasteiger partial charge in [0.2, 0.25) is 0 Å². The summed E-state index contributed by atoms with van der Waals surface area (Å²) in [5.74, 6) is -0.533. The molecule has 5 nitrogen and oxygen atoms in total. The smallest absolute Gasteiger partial charge is 0.417 e. The van der Waals surface area contributed by atoms with Gasteiger partial charge in [-0.25, -0.2) is 4.98 Å². The molecule has 142 valence electrons. The van der Waals surface area contributed by atoms with Gasteiger partial charge in [0.25, 0.3) is 5.91 Å². The van der Waals surface area contributed by atoms with Gasteiger partial charge < -0.3 is 10.4 Å². The monoisotopic (exact) mass is 385 g/mol. The molecule has 28 heavy (non-hydrogen) atoms. The number of aromatic hydroxyl groups is 1. The van der Waals surface area contributed by atoms with Gasteiger partial charge in [-0.2, -0.15) is 13.2 Å². The van der Waals surface area contributed by atoms with Gasteiger partial charge in [-0.3, -0.25) is 9.20 Å². The molecule has 0 fully saturated rings. The normalized spacial score (nSPS) is 11.9. The second-order valence-corrected chi connectivity index (χ2v) is 6.32. The Balaban J connectivity index is 1.80. The van der Waals surface area contributed by atoms with Crippen molar-refractivity contribution in [1.82, 2.24) is 9.38 Å². The number of nitrogens with zero attached hydrogens (tertiary/aromatic N) is 2. The summed E-state index contributed by atoms with van der Waals surface area (Å²) in [6, 6.07) is 12.1. The maximum atomic E-state index is 13.1. The van der Waals surface area contributed by atoms with Crippen LogP contribution in [0, 0.1) is 6.92 Å². The number of aryl methyl sites for hydroxylation is 1. The number of alkyl halides is 3. The molecule has 0 bridgehead atoms. The quantitative estimate of drug-likeness (QED) is 0.522. The lowest BCUT2D eigenvalue weighted by Gasteiger charge is -2.11. The van der Waals surface area contributed by atoms with Crippen molar-refractivity contribution in [1.29, 1.82) is 0 Å². The minimum absolute atomic E-state index is 0.0123. The van der Waals surface area contributed by atoms with E-state index in [9.17, 15) is 23.1 Å². The minimum atomic E-state index is -4.53. The number of carbonyl (C=O) groups is 1. The van der Waals surface area contributed by atoms with Gasteiger partial charge in [0, 0.05) is 22.7 Å². The number of anilines is 1. The lowest BCUT2D eigenvalue weighted by Crippen LogP contribution is -2.16. The first kappa shape index (κ1) is 17.8.